The van der Waals surface area contributed by atoms with Crippen molar-refractivity contribution >= 4 is 44.2 Å². The Balaban J connectivity index is 0.959. The molecule has 14 heteroatoms. The number of nitrogens with zero attached hydrogens (tertiary/aromatic N) is 5. The van der Waals surface area contributed by atoms with E-state index < -0.39 is 12.6 Å². The first-order valence-electron chi connectivity index (χ1n) is 16.4. The summed E-state index contributed by atoms with van der Waals surface area (Å²) in [6.45, 7) is 6.01. The largest absolute Gasteiger partial charge is 0.395 e. The van der Waals surface area contributed by atoms with E-state index >= 15 is 0 Å². The molecule has 48 heavy (non-hydrogen) atoms. The lowest BCUT2D eigenvalue weighted by Gasteiger charge is -2.70. The molecule has 4 aliphatic rings. The van der Waals surface area contributed by atoms with Crippen molar-refractivity contribution in [1.29, 1.82) is 5.26 Å². The number of halogens is 3. The van der Waals surface area contributed by atoms with E-state index in [1.54, 1.807) is 6.07 Å². The molecule has 10 nitrogen and oxygen atoms in total. The highest BCUT2D eigenvalue weighted by Gasteiger charge is 2.68. The van der Waals surface area contributed by atoms with Crippen LogP contribution in [0.3, 0.4) is 0 Å². The third-order valence-corrected chi connectivity index (χ3v) is 11.3. The van der Waals surface area contributed by atoms with Crippen molar-refractivity contribution in [2.45, 2.75) is 76.3 Å². The first kappa shape index (κ1) is 32.8. The summed E-state index contributed by atoms with van der Waals surface area (Å²) in [6, 6.07) is 10.4. The van der Waals surface area contributed by atoms with E-state index in [1.807, 2.05) is 6.07 Å². The number of likely N-dealkylation sites (tertiary alicyclic amines) is 1. The minimum Gasteiger partial charge on any atom is -0.395 e. The van der Waals surface area contributed by atoms with Crippen molar-refractivity contribution < 1.29 is 23.1 Å². The standard InChI is InChI=1S/C34H39F3N8O2S/c1-21-22(15-44-7-4-23(5-8-44)42-30-27-11-25(12-34(35,36)37)48-31(27)41-20-40-30)2-3-28-26(21)10-24(13-38)45(28)19-32-16-33(17-32,18-32)43-29(47)14-39-6-9-46/h2-3,10-11,20,23,39,46H,4-9,12,14-19H2,1H3,(H,43,47)(H,40,41,42). The molecule has 2 bridgehead atoms. The number of aromatic nitrogens is 3. The topological polar surface area (TPSA) is 131 Å². The SMILES string of the molecule is Cc1c(CN2CCC(Nc3ncnc4sc(CC(F)(F)F)cc34)CC2)ccc2c1cc(C#N)n2CC12CC(NC(=O)CNCCO)(C1)C2. The number of aliphatic hydroxyl groups is 1. The minimum absolute atomic E-state index is 0.000567. The maximum Gasteiger partial charge on any atom is 0.393 e. The molecule has 4 heterocycles. The summed E-state index contributed by atoms with van der Waals surface area (Å²) in [6.07, 6.45) is 0.667. The van der Waals surface area contributed by atoms with Crippen molar-refractivity contribution in [3.8, 4) is 6.07 Å². The maximum absolute atomic E-state index is 12.9. The van der Waals surface area contributed by atoms with Crippen molar-refractivity contribution in [3.63, 3.8) is 0 Å². The molecular formula is C34H39F3N8O2S. The fourth-order valence-electron chi connectivity index (χ4n) is 8.19. The Bertz CT molecular complexity index is 1870. The highest BCUT2D eigenvalue weighted by atomic mass is 32.1. The van der Waals surface area contributed by atoms with Gasteiger partial charge in [0.15, 0.2) is 0 Å². The highest BCUT2D eigenvalue weighted by Crippen LogP contribution is 2.68. The average Bonchev–Trinajstić information content (AvgIpc) is 3.58. The van der Waals surface area contributed by atoms with Gasteiger partial charge in [-0.3, -0.25) is 9.69 Å². The molecule has 1 aliphatic heterocycles. The van der Waals surface area contributed by atoms with Gasteiger partial charge in [-0.25, -0.2) is 9.97 Å². The Hall–Kier alpha value is -3.77. The van der Waals surface area contributed by atoms with E-state index in [0.29, 0.717) is 28.3 Å². The molecule has 0 atom stereocenters. The summed E-state index contributed by atoms with van der Waals surface area (Å²) in [5, 5.41) is 30.2. The van der Waals surface area contributed by atoms with Gasteiger partial charge < -0.3 is 25.6 Å². The number of aliphatic hydroxyl groups excluding tert-OH is 1. The molecule has 3 aliphatic carbocycles. The second-order valence-corrected chi connectivity index (χ2v) is 15.0. The number of anilines is 1. The van der Waals surface area contributed by atoms with Crippen LogP contribution in [0.4, 0.5) is 19.0 Å². The monoisotopic (exact) mass is 680 g/mol. The highest BCUT2D eigenvalue weighted by molar-refractivity contribution is 7.18. The predicted molar refractivity (Wildman–Crippen MR) is 178 cm³/mol. The van der Waals surface area contributed by atoms with Crippen LogP contribution in [0.25, 0.3) is 21.1 Å². The van der Waals surface area contributed by atoms with Gasteiger partial charge in [-0.2, -0.15) is 18.4 Å². The number of hydrogen-bond acceptors (Lipinski definition) is 9. The van der Waals surface area contributed by atoms with Crippen molar-refractivity contribution in [1.82, 2.24) is 30.1 Å². The Morgan fingerprint density at radius 1 is 1.17 bits per heavy atom. The van der Waals surface area contributed by atoms with Crippen molar-refractivity contribution in [2.24, 2.45) is 5.41 Å². The molecule has 0 radical (unpaired) electrons. The first-order valence-corrected chi connectivity index (χ1v) is 17.2. The van der Waals surface area contributed by atoms with Crippen LogP contribution in [0, 0.1) is 23.7 Å². The number of hydrogen-bond donors (Lipinski definition) is 4. The zero-order valence-electron chi connectivity index (χ0n) is 26.8. The summed E-state index contributed by atoms with van der Waals surface area (Å²) in [5.41, 5.74) is 4.09. The summed E-state index contributed by atoms with van der Waals surface area (Å²) in [4.78, 5) is 24.0. The van der Waals surface area contributed by atoms with Crippen LogP contribution in [-0.4, -0.2) is 81.0 Å². The first-order chi connectivity index (χ1) is 23.0. The number of aryl methyl sites for hydroxylation is 1. The zero-order chi connectivity index (χ0) is 33.7. The fourth-order valence-corrected chi connectivity index (χ4v) is 9.21. The Morgan fingerprint density at radius 2 is 1.94 bits per heavy atom. The number of benzene rings is 1. The molecular weight excluding hydrogens is 641 g/mol. The number of piperidine rings is 1. The summed E-state index contributed by atoms with van der Waals surface area (Å²) in [5.74, 6) is 0.545. The number of thiophene rings is 1. The van der Waals surface area contributed by atoms with E-state index in [-0.39, 0.29) is 40.9 Å². The van der Waals surface area contributed by atoms with E-state index in [9.17, 15) is 23.2 Å². The number of carbonyl (C=O) groups is 1. The van der Waals surface area contributed by atoms with Crippen LogP contribution in [0.2, 0.25) is 0 Å². The summed E-state index contributed by atoms with van der Waals surface area (Å²) < 4.78 is 41.0. The van der Waals surface area contributed by atoms with Gasteiger partial charge >= 0.3 is 6.18 Å². The number of amides is 1. The predicted octanol–water partition coefficient (Wildman–Crippen LogP) is 4.63. The van der Waals surface area contributed by atoms with Gasteiger partial charge in [-0.1, -0.05) is 6.07 Å². The number of alkyl halides is 3. The molecule has 254 valence electrons. The number of fused-ring (bicyclic) bond motifs is 2. The van der Waals surface area contributed by atoms with Crippen molar-refractivity contribution in [2.75, 3.05) is 38.1 Å². The lowest BCUT2D eigenvalue weighted by molar-refractivity contribution is -0.171. The molecule has 4 aromatic rings. The Morgan fingerprint density at radius 3 is 2.65 bits per heavy atom. The van der Waals surface area contributed by atoms with Gasteiger partial charge in [0.25, 0.3) is 0 Å². The molecule has 1 aromatic carbocycles. The average molecular weight is 681 g/mol. The van der Waals surface area contributed by atoms with Gasteiger partial charge in [0.05, 0.1) is 25.0 Å². The third kappa shape index (κ3) is 6.48. The molecule has 3 aromatic heterocycles. The smallest absolute Gasteiger partial charge is 0.393 e. The Labute approximate surface area is 280 Å². The van der Waals surface area contributed by atoms with Gasteiger partial charge in [0.1, 0.15) is 28.7 Å². The zero-order valence-corrected chi connectivity index (χ0v) is 27.6. The third-order valence-electron chi connectivity index (χ3n) is 10.3. The summed E-state index contributed by atoms with van der Waals surface area (Å²) in [7, 11) is 0. The number of nitrogens with one attached hydrogen (secondary N) is 3. The van der Waals surface area contributed by atoms with Crippen LogP contribution in [0.5, 0.6) is 0 Å². The van der Waals surface area contributed by atoms with Crippen LogP contribution in [0.15, 0.2) is 30.6 Å². The van der Waals surface area contributed by atoms with Gasteiger partial charge in [0, 0.05) is 60.1 Å². The number of nitriles is 1. The summed E-state index contributed by atoms with van der Waals surface area (Å²) >= 11 is 1.06. The lowest BCUT2D eigenvalue weighted by atomic mass is 9.39. The van der Waals surface area contributed by atoms with E-state index in [2.05, 4.69) is 60.5 Å². The normalized spacial score (nSPS) is 22.8. The van der Waals surface area contributed by atoms with Crippen molar-refractivity contribution in [3.05, 3.63) is 52.3 Å². The molecule has 8 rings (SSSR count). The number of rotatable bonds is 12. The van der Waals surface area contributed by atoms with Gasteiger partial charge in [-0.05, 0) is 73.8 Å². The second-order valence-electron chi connectivity index (χ2n) is 13.9. The molecule has 3 saturated carbocycles. The molecule has 0 spiro atoms. The Kier molecular flexibility index (Phi) is 8.60. The second kappa shape index (κ2) is 12.6. The van der Waals surface area contributed by atoms with Crippen LogP contribution < -0.4 is 16.0 Å². The molecule has 1 amide bonds. The van der Waals surface area contributed by atoms with E-state index in [4.69, 9.17) is 5.11 Å². The quantitative estimate of drug-likeness (QED) is 0.160. The molecule has 1 saturated heterocycles. The number of carbonyl (C=O) groups excluding carboxylic acids is 1. The van der Waals surface area contributed by atoms with Crippen LogP contribution in [-0.2, 0) is 24.3 Å². The molecule has 0 unspecified atom stereocenters. The van der Waals surface area contributed by atoms with E-state index in [0.717, 1.165) is 80.5 Å². The van der Waals surface area contributed by atoms with Crippen LogP contribution in [0.1, 0.15) is 53.8 Å². The van der Waals surface area contributed by atoms with Crippen LogP contribution >= 0.6 is 11.3 Å². The lowest BCUT2D eigenvalue weighted by Crippen LogP contribution is -2.76. The molecule has 4 N–H and O–H groups in total. The minimum atomic E-state index is -4.26. The fraction of sp³-hybridized carbons (Fsp3) is 0.529. The van der Waals surface area contributed by atoms with E-state index in [1.165, 1.54) is 17.5 Å². The van der Waals surface area contributed by atoms with Gasteiger partial charge in [-0.15, -0.1) is 11.3 Å². The van der Waals surface area contributed by atoms with Gasteiger partial charge in [0.2, 0.25) is 5.91 Å². The molecule has 4 fully saturated rings. The maximum atomic E-state index is 12.9.